The summed E-state index contributed by atoms with van der Waals surface area (Å²) >= 11 is 0. The van der Waals surface area contributed by atoms with Crippen LogP contribution in [0.2, 0.25) is 0 Å². The number of aliphatic hydroxyl groups is 1. The summed E-state index contributed by atoms with van der Waals surface area (Å²) in [7, 11) is 0. The van der Waals surface area contributed by atoms with Crippen molar-refractivity contribution in [1.82, 2.24) is 20.2 Å². The highest BCUT2D eigenvalue weighted by atomic mass is 16.5. The summed E-state index contributed by atoms with van der Waals surface area (Å²) < 4.78 is 5.69. The second-order valence-corrected chi connectivity index (χ2v) is 7.23. The highest BCUT2D eigenvalue weighted by Gasteiger charge is 2.24. The quantitative estimate of drug-likeness (QED) is 0.529. The highest BCUT2D eigenvalue weighted by molar-refractivity contribution is 5.69. The number of benzene rings is 1. The molecule has 1 aromatic carbocycles. The smallest absolute Gasteiger partial charge is 0.156 e. The Bertz CT molecular complexity index is 988. The van der Waals surface area contributed by atoms with Crippen molar-refractivity contribution >= 4 is 29.6 Å². The molecule has 3 N–H and O–H groups in total. The van der Waals surface area contributed by atoms with Gasteiger partial charge >= 0.3 is 0 Å². The van der Waals surface area contributed by atoms with E-state index in [1.165, 1.54) is 0 Å². The second-order valence-electron chi connectivity index (χ2n) is 7.23. The van der Waals surface area contributed by atoms with E-state index in [-0.39, 0.29) is 12.7 Å². The number of aromatic amines is 1. The van der Waals surface area contributed by atoms with Gasteiger partial charge in [0.1, 0.15) is 11.6 Å². The molecule has 1 aliphatic rings. The molecule has 3 aromatic rings. The number of aromatic nitrogens is 4. The predicted octanol–water partition coefficient (Wildman–Crippen LogP) is 3.01. The zero-order valence-corrected chi connectivity index (χ0v) is 17.0. The van der Waals surface area contributed by atoms with Crippen LogP contribution in [0, 0.1) is 6.92 Å². The lowest BCUT2D eigenvalue weighted by Gasteiger charge is -2.19. The average Bonchev–Trinajstić information content (AvgIpc) is 3.40. The number of anilines is 3. The standard InChI is InChI=1S/C22H26N6O2/c1-16-13-21(27-26-16)24-20-14-22(28-10-9-18(15-28)30-12-11-29)25-19(23-20)8-7-17-5-3-2-4-6-17/h2-8,13-14,18,29H,9-12,15H2,1H3,(H2,23,24,25,26,27)/b8-7+. The maximum Gasteiger partial charge on any atom is 0.156 e. The summed E-state index contributed by atoms with van der Waals surface area (Å²) in [4.78, 5) is 11.6. The van der Waals surface area contributed by atoms with Gasteiger partial charge in [-0.25, -0.2) is 9.97 Å². The number of aliphatic hydroxyl groups excluding tert-OH is 1. The molecular formula is C22H26N6O2. The third-order valence-corrected chi connectivity index (χ3v) is 4.83. The number of H-pyrrole nitrogens is 1. The van der Waals surface area contributed by atoms with Crippen molar-refractivity contribution in [2.45, 2.75) is 19.4 Å². The summed E-state index contributed by atoms with van der Waals surface area (Å²) in [6.07, 6.45) is 4.91. The lowest BCUT2D eigenvalue weighted by atomic mass is 10.2. The van der Waals surface area contributed by atoms with E-state index in [9.17, 15) is 0 Å². The monoisotopic (exact) mass is 406 g/mol. The van der Waals surface area contributed by atoms with Gasteiger partial charge in [0.25, 0.3) is 0 Å². The molecule has 0 bridgehead atoms. The van der Waals surface area contributed by atoms with Crippen molar-refractivity contribution in [3.63, 3.8) is 0 Å². The van der Waals surface area contributed by atoms with E-state index in [0.29, 0.717) is 24.1 Å². The van der Waals surface area contributed by atoms with Crippen LogP contribution in [-0.4, -0.2) is 57.7 Å². The van der Waals surface area contributed by atoms with Crippen LogP contribution in [0.25, 0.3) is 12.2 Å². The molecule has 156 valence electrons. The molecule has 8 heteroatoms. The normalized spacial score (nSPS) is 16.5. The molecule has 0 spiro atoms. The second kappa shape index (κ2) is 9.51. The molecular weight excluding hydrogens is 380 g/mol. The molecule has 1 unspecified atom stereocenters. The molecule has 0 saturated carbocycles. The van der Waals surface area contributed by atoms with Gasteiger partial charge in [0.2, 0.25) is 0 Å². The van der Waals surface area contributed by atoms with Crippen LogP contribution in [0.1, 0.15) is 23.5 Å². The van der Waals surface area contributed by atoms with Crippen molar-refractivity contribution in [2.24, 2.45) is 0 Å². The minimum atomic E-state index is 0.0373. The summed E-state index contributed by atoms with van der Waals surface area (Å²) in [5, 5.41) is 19.4. The fraction of sp³-hybridized carbons (Fsp3) is 0.318. The molecule has 1 aliphatic heterocycles. The molecule has 8 nitrogen and oxygen atoms in total. The lowest BCUT2D eigenvalue weighted by molar-refractivity contribution is 0.0410. The van der Waals surface area contributed by atoms with Gasteiger partial charge in [-0.3, -0.25) is 5.10 Å². The van der Waals surface area contributed by atoms with E-state index < -0.39 is 0 Å². The first-order valence-electron chi connectivity index (χ1n) is 10.1. The van der Waals surface area contributed by atoms with Gasteiger partial charge < -0.3 is 20.1 Å². The highest BCUT2D eigenvalue weighted by Crippen LogP contribution is 2.24. The number of nitrogens with zero attached hydrogens (tertiary/aromatic N) is 4. The van der Waals surface area contributed by atoms with Gasteiger partial charge in [-0.05, 0) is 25.0 Å². The number of ether oxygens (including phenoxy) is 1. The Labute approximate surface area is 175 Å². The van der Waals surface area contributed by atoms with Crippen molar-refractivity contribution in [3.8, 4) is 0 Å². The van der Waals surface area contributed by atoms with Crippen LogP contribution in [0.3, 0.4) is 0 Å². The van der Waals surface area contributed by atoms with Gasteiger partial charge in [0.05, 0.1) is 19.3 Å². The molecule has 0 aliphatic carbocycles. The molecule has 3 heterocycles. The van der Waals surface area contributed by atoms with Crippen LogP contribution in [0.15, 0.2) is 42.5 Å². The molecule has 1 atom stereocenters. The van der Waals surface area contributed by atoms with Crippen LogP contribution in [0.5, 0.6) is 0 Å². The third-order valence-electron chi connectivity index (χ3n) is 4.83. The maximum atomic E-state index is 8.99. The lowest BCUT2D eigenvalue weighted by Crippen LogP contribution is -2.24. The van der Waals surface area contributed by atoms with Crippen LogP contribution < -0.4 is 10.2 Å². The molecule has 1 fully saturated rings. The molecule has 0 radical (unpaired) electrons. The first-order chi connectivity index (χ1) is 14.7. The number of rotatable bonds is 8. The zero-order valence-electron chi connectivity index (χ0n) is 17.0. The van der Waals surface area contributed by atoms with E-state index in [1.807, 2.05) is 61.5 Å². The largest absolute Gasteiger partial charge is 0.394 e. The Morgan fingerprint density at radius 1 is 1.20 bits per heavy atom. The Kier molecular flexibility index (Phi) is 6.36. The molecule has 0 amide bonds. The zero-order chi connectivity index (χ0) is 20.8. The summed E-state index contributed by atoms with van der Waals surface area (Å²) in [6, 6.07) is 13.9. The van der Waals surface area contributed by atoms with E-state index in [2.05, 4.69) is 25.4 Å². The molecule has 2 aromatic heterocycles. The van der Waals surface area contributed by atoms with Crippen LogP contribution in [-0.2, 0) is 4.74 Å². The Balaban J connectivity index is 1.58. The van der Waals surface area contributed by atoms with Gasteiger partial charge in [-0.2, -0.15) is 5.10 Å². The first-order valence-corrected chi connectivity index (χ1v) is 10.1. The predicted molar refractivity (Wildman–Crippen MR) is 118 cm³/mol. The summed E-state index contributed by atoms with van der Waals surface area (Å²) in [6.45, 7) is 3.93. The first kappa shape index (κ1) is 20.1. The average molecular weight is 406 g/mol. The fourth-order valence-corrected chi connectivity index (χ4v) is 3.39. The van der Waals surface area contributed by atoms with Gasteiger partial charge in [0.15, 0.2) is 11.6 Å². The van der Waals surface area contributed by atoms with Crippen LogP contribution >= 0.6 is 0 Å². The topological polar surface area (TPSA) is 99.2 Å². The van der Waals surface area contributed by atoms with Crippen LogP contribution in [0.4, 0.5) is 17.5 Å². The van der Waals surface area contributed by atoms with Gasteiger partial charge in [0, 0.05) is 30.9 Å². The molecule has 30 heavy (non-hydrogen) atoms. The summed E-state index contributed by atoms with van der Waals surface area (Å²) in [5.41, 5.74) is 2.06. The van der Waals surface area contributed by atoms with E-state index >= 15 is 0 Å². The third kappa shape index (κ3) is 5.22. The van der Waals surface area contributed by atoms with Crippen molar-refractivity contribution in [1.29, 1.82) is 0 Å². The van der Waals surface area contributed by atoms with Gasteiger partial charge in [-0.15, -0.1) is 0 Å². The van der Waals surface area contributed by atoms with Crippen molar-refractivity contribution in [3.05, 3.63) is 59.5 Å². The molecule has 4 rings (SSSR count). The number of hydrogen-bond acceptors (Lipinski definition) is 7. The number of nitrogens with one attached hydrogen (secondary N) is 2. The minimum Gasteiger partial charge on any atom is -0.394 e. The van der Waals surface area contributed by atoms with Crippen molar-refractivity contribution < 1.29 is 9.84 Å². The summed E-state index contributed by atoms with van der Waals surface area (Å²) in [5.74, 6) is 2.84. The van der Waals surface area contributed by atoms with E-state index in [1.54, 1.807) is 0 Å². The molecule has 1 saturated heterocycles. The Hall–Kier alpha value is -3.23. The van der Waals surface area contributed by atoms with E-state index in [0.717, 1.165) is 36.6 Å². The number of hydrogen-bond donors (Lipinski definition) is 3. The Morgan fingerprint density at radius 3 is 2.83 bits per heavy atom. The fourth-order valence-electron chi connectivity index (χ4n) is 3.39. The maximum absolute atomic E-state index is 8.99. The Morgan fingerprint density at radius 2 is 2.07 bits per heavy atom. The number of aryl methyl sites for hydroxylation is 1. The minimum absolute atomic E-state index is 0.0373. The van der Waals surface area contributed by atoms with Crippen molar-refractivity contribution in [2.75, 3.05) is 36.5 Å². The van der Waals surface area contributed by atoms with Gasteiger partial charge in [-0.1, -0.05) is 36.4 Å². The van der Waals surface area contributed by atoms with E-state index in [4.69, 9.17) is 14.8 Å². The SMILES string of the molecule is Cc1cc(Nc2cc(N3CCC(OCCO)C3)nc(/C=C/c3ccccc3)n2)n[nH]1.